The Bertz CT molecular complexity index is 871. The molecule has 0 atom stereocenters. The topological polar surface area (TPSA) is 84.9 Å². The number of benzene rings is 2. The standard InChI is InChI=1S/C19H17FN2O5/c20-13-5-1-2-6-14(13)21-17(23)12-27-19(25)11-22-15-7-3-4-8-16(15)26-10-9-18(22)24/h1-8H,9-12H2,(H,21,23). The molecule has 2 aromatic rings. The second-order valence-corrected chi connectivity index (χ2v) is 5.73. The maximum Gasteiger partial charge on any atom is 0.326 e. The lowest BCUT2D eigenvalue weighted by molar-refractivity contribution is -0.146. The van der Waals surface area contributed by atoms with Crippen molar-refractivity contribution in [3.8, 4) is 5.75 Å². The summed E-state index contributed by atoms with van der Waals surface area (Å²) >= 11 is 0. The fourth-order valence-corrected chi connectivity index (χ4v) is 2.56. The van der Waals surface area contributed by atoms with Crippen molar-refractivity contribution in [3.63, 3.8) is 0 Å². The normalized spacial score (nSPS) is 13.2. The molecule has 0 unspecified atom stereocenters. The highest BCUT2D eigenvalue weighted by Crippen LogP contribution is 2.30. The fourth-order valence-electron chi connectivity index (χ4n) is 2.56. The van der Waals surface area contributed by atoms with E-state index in [0.717, 1.165) is 0 Å². The predicted molar refractivity (Wildman–Crippen MR) is 94.9 cm³/mol. The van der Waals surface area contributed by atoms with E-state index in [1.165, 1.54) is 23.1 Å². The molecule has 140 valence electrons. The maximum atomic E-state index is 13.5. The molecule has 8 heteroatoms. The smallest absolute Gasteiger partial charge is 0.326 e. The molecule has 2 amide bonds. The van der Waals surface area contributed by atoms with Gasteiger partial charge in [-0.1, -0.05) is 24.3 Å². The molecule has 0 radical (unpaired) electrons. The number of anilines is 2. The van der Waals surface area contributed by atoms with Gasteiger partial charge in [0.05, 0.1) is 24.4 Å². The molecule has 2 aromatic carbocycles. The quantitative estimate of drug-likeness (QED) is 0.813. The van der Waals surface area contributed by atoms with Gasteiger partial charge in [0.25, 0.3) is 5.91 Å². The van der Waals surface area contributed by atoms with E-state index in [4.69, 9.17) is 9.47 Å². The first-order chi connectivity index (χ1) is 13.0. The summed E-state index contributed by atoms with van der Waals surface area (Å²) in [5.74, 6) is -1.83. The summed E-state index contributed by atoms with van der Waals surface area (Å²) in [7, 11) is 0. The molecule has 1 heterocycles. The molecule has 0 saturated carbocycles. The number of nitrogens with one attached hydrogen (secondary N) is 1. The molecule has 1 aliphatic rings. The summed E-state index contributed by atoms with van der Waals surface area (Å²) in [6, 6.07) is 12.5. The van der Waals surface area contributed by atoms with E-state index in [1.807, 2.05) is 0 Å². The molecule has 1 aliphatic heterocycles. The summed E-state index contributed by atoms with van der Waals surface area (Å²) in [6.45, 7) is -0.730. The number of fused-ring (bicyclic) bond motifs is 1. The summed E-state index contributed by atoms with van der Waals surface area (Å²) in [5.41, 5.74) is 0.458. The van der Waals surface area contributed by atoms with Crippen LogP contribution in [-0.2, 0) is 19.1 Å². The summed E-state index contributed by atoms with van der Waals surface area (Å²) in [5, 5.41) is 2.31. The number of hydrogen-bond donors (Lipinski definition) is 1. The second kappa shape index (κ2) is 8.31. The van der Waals surface area contributed by atoms with Crippen LogP contribution in [0.2, 0.25) is 0 Å². The Balaban J connectivity index is 1.58. The van der Waals surface area contributed by atoms with Gasteiger partial charge in [-0.3, -0.25) is 19.3 Å². The van der Waals surface area contributed by atoms with E-state index in [2.05, 4.69) is 5.32 Å². The molecule has 0 aromatic heterocycles. The molecule has 1 N–H and O–H groups in total. The number of ether oxygens (including phenoxy) is 2. The van der Waals surface area contributed by atoms with Gasteiger partial charge in [0, 0.05) is 0 Å². The van der Waals surface area contributed by atoms with Gasteiger partial charge in [0.2, 0.25) is 5.91 Å². The molecule has 0 saturated heterocycles. The number of esters is 1. The predicted octanol–water partition coefficient (Wildman–Crippen LogP) is 2.12. The van der Waals surface area contributed by atoms with Crippen LogP contribution >= 0.6 is 0 Å². The van der Waals surface area contributed by atoms with E-state index in [1.54, 1.807) is 30.3 Å². The van der Waals surface area contributed by atoms with Gasteiger partial charge in [-0.15, -0.1) is 0 Å². The number of hydrogen-bond acceptors (Lipinski definition) is 5. The lowest BCUT2D eigenvalue weighted by Gasteiger charge is -2.20. The van der Waals surface area contributed by atoms with Gasteiger partial charge in [0.15, 0.2) is 6.61 Å². The number of amides is 2. The lowest BCUT2D eigenvalue weighted by Crippen LogP contribution is -2.37. The lowest BCUT2D eigenvalue weighted by atomic mass is 10.2. The van der Waals surface area contributed by atoms with Crippen LogP contribution in [0.5, 0.6) is 5.75 Å². The SMILES string of the molecule is O=C(COC(=O)CN1C(=O)CCOc2ccccc21)Nc1ccccc1F. The Morgan fingerprint density at radius 3 is 2.70 bits per heavy atom. The maximum absolute atomic E-state index is 13.5. The van der Waals surface area contributed by atoms with Crippen LogP contribution in [0.3, 0.4) is 0 Å². The van der Waals surface area contributed by atoms with Gasteiger partial charge in [0.1, 0.15) is 18.1 Å². The van der Waals surface area contributed by atoms with Crippen molar-refractivity contribution in [2.75, 3.05) is 30.0 Å². The minimum Gasteiger partial charge on any atom is -0.491 e. The van der Waals surface area contributed by atoms with E-state index < -0.39 is 24.3 Å². The van der Waals surface area contributed by atoms with E-state index >= 15 is 0 Å². The molecule has 3 rings (SSSR count). The first-order valence-electron chi connectivity index (χ1n) is 8.27. The minimum atomic E-state index is -0.760. The number of rotatable bonds is 5. The molecule has 7 nitrogen and oxygen atoms in total. The Labute approximate surface area is 154 Å². The summed E-state index contributed by atoms with van der Waals surface area (Å²) in [4.78, 5) is 37.4. The van der Waals surface area contributed by atoms with Crippen LogP contribution < -0.4 is 15.0 Å². The van der Waals surface area contributed by atoms with Crippen LogP contribution in [0.25, 0.3) is 0 Å². The molecule has 0 aliphatic carbocycles. The number of carbonyl (C=O) groups excluding carboxylic acids is 3. The third kappa shape index (κ3) is 4.60. The number of para-hydroxylation sites is 3. The fraction of sp³-hybridized carbons (Fsp3) is 0.211. The Hall–Kier alpha value is -3.42. The molecule has 0 bridgehead atoms. The van der Waals surface area contributed by atoms with Crippen molar-refractivity contribution in [1.82, 2.24) is 0 Å². The van der Waals surface area contributed by atoms with E-state index in [0.29, 0.717) is 11.4 Å². The largest absolute Gasteiger partial charge is 0.491 e. The monoisotopic (exact) mass is 372 g/mol. The average Bonchev–Trinajstić information content (AvgIpc) is 2.81. The number of nitrogens with zero attached hydrogens (tertiary/aromatic N) is 1. The van der Waals surface area contributed by atoms with Gasteiger partial charge in [-0.05, 0) is 24.3 Å². The molecule has 0 spiro atoms. The highest BCUT2D eigenvalue weighted by atomic mass is 19.1. The Morgan fingerprint density at radius 1 is 1.15 bits per heavy atom. The van der Waals surface area contributed by atoms with Gasteiger partial charge < -0.3 is 14.8 Å². The molecule has 0 fully saturated rings. The van der Waals surface area contributed by atoms with Crippen molar-refractivity contribution in [2.24, 2.45) is 0 Å². The van der Waals surface area contributed by atoms with Crippen molar-refractivity contribution >= 4 is 29.2 Å². The van der Waals surface area contributed by atoms with Crippen molar-refractivity contribution in [2.45, 2.75) is 6.42 Å². The Kier molecular flexibility index (Phi) is 5.65. The van der Waals surface area contributed by atoms with Crippen LogP contribution in [0, 0.1) is 5.82 Å². The number of carbonyl (C=O) groups is 3. The average molecular weight is 372 g/mol. The highest BCUT2D eigenvalue weighted by Gasteiger charge is 2.25. The van der Waals surface area contributed by atoms with E-state index in [-0.39, 0.29) is 31.2 Å². The van der Waals surface area contributed by atoms with Gasteiger partial charge >= 0.3 is 5.97 Å². The Morgan fingerprint density at radius 2 is 1.89 bits per heavy atom. The zero-order chi connectivity index (χ0) is 19.2. The van der Waals surface area contributed by atoms with E-state index in [9.17, 15) is 18.8 Å². The summed E-state index contributed by atoms with van der Waals surface area (Å²) in [6.07, 6.45) is 0.121. The molecular formula is C19H17FN2O5. The first-order valence-corrected chi connectivity index (χ1v) is 8.27. The number of halogens is 1. The third-order valence-electron chi connectivity index (χ3n) is 3.83. The van der Waals surface area contributed by atoms with Crippen LogP contribution in [0.1, 0.15) is 6.42 Å². The van der Waals surface area contributed by atoms with Crippen molar-refractivity contribution < 1.29 is 28.2 Å². The zero-order valence-corrected chi connectivity index (χ0v) is 14.3. The van der Waals surface area contributed by atoms with Crippen molar-refractivity contribution in [1.29, 1.82) is 0 Å². The molecule has 27 heavy (non-hydrogen) atoms. The minimum absolute atomic E-state index is 0.00711. The van der Waals surface area contributed by atoms with Crippen LogP contribution in [0.4, 0.5) is 15.8 Å². The van der Waals surface area contributed by atoms with Gasteiger partial charge in [-0.2, -0.15) is 0 Å². The molecular weight excluding hydrogens is 355 g/mol. The second-order valence-electron chi connectivity index (χ2n) is 5.73. The summed E-state index contributed by atoms with van der Waals surface area (Å²) < 4.78 is 23.9. The van der Waals surface area contributed by atoms with Crippen LogP contribution in [0.15, 0.2) is 48.5 Å². The first kappa shape index (κ1) is 18.4. The third-order valence-corrected chi connectivity index (χ3v) is 3.83. The van der Waals surface area contributed by atoms with Gasteiger partial charge in [-0.25, -0.2) is 4.39 Å². The zero-order valence-electron chi connectivity index (χ0n) is 14.3. The van der Waals surface area contributed by atoms with Crippen molar-refractivity contribution in [3.05, 3.63) is 54.3 Å². The highest BCUT2D eigenvalue weighted by molar-refractivity contribution is 6.00. The van der Waals surface area contributed by atoms with Crippen LogP contribution in [-0.4, -0.2) is 37.5 Å².